The molecule has 1 saturated heterocycles. The topological polar surface area (TPSA) is 78.8 Å². The number of nitrogens with zero attached hydrogens (tertiary/aromatic N) is 4. The standard InChI is InChI=1S/C13H16FN5O/c1-8(10-4-5-20-7-10)19-13(16-17-18-19)9-2-3-12(15)11(14)6-9/h2-3,6,8,10H,4-5,7,15H2,1H3. The molecule has 1 aliphatic rings. The summed E-state index contributed by atoms with van der Waals surface area (Å²) in [5.74, 6) is 0.452. The summed E-state index contributed by atoms with van der Waals surface area (Å²) in [6, 6.07) is 4.70. The van der Waals surface area contributed by atoms with Gasteiger partial charge in [-0.05, 0) is 42.0 Å². The molecule has 0 aliphatic carbocycles. The molecule has 106 valence electrons. The zero-order valence-electron chi connectivity index (χ0n) is 11.2. The van der Waals surface area contributed by atoms with Gasteiger partial charge in [0.2, 0.25) is 0 Å². The summed E-state index contributed by atoms with van der Waals surface area (Å²) in [5.41, 5.74) is 6.22. The first kappa shape index (κ1) is 13.0. The van der Waals surface area contributed by atoms with E-state index in [-0.39, 0.29) is 11.7 Å². The highest BCUT2D eigenvalue weighted by Crippen LogP contribution is 2.29. The number of halogens is 1. The molecule has 1 aliphatic heterocycles. The second-order valence-corrected chi connectivity index (χ2v) is 5.05. The Labute approximate surface area is 115 Å². The van der Waals surface area contributed by atoms with E-state index in [1.54, 1.807) is 10.7 Å². The van der Waals surface area contributed by atoms with Gasteiger partial charge in [0.05, 0.1) is 18.3 Å². The Hall–Kier alpha value is -2.02. The van der Waals surface area contributed by atoms with Crippen LogP contribution in [0.3, 0.4) is 0 Å². The number of tetrazole rings is 1. The summed E-state index contributed by atoms with van der Waals surface area (Å²) >= 11 is 0. The van der Waals surface area contributed by atoms with Gasteiger partial charge in [-0.2, -0.15) is 0 Å². The summed E-state index contributed by atoms with van der Waals surface area (Å²) in [4.78, 5) is 0. The van der Waals surface area contributed by atoms with Gasteiger partial charge in [-0.3, -0.25) is 0 Å². The van der Waals surface area contributed by atoms with E-state index >= 15 is 0 Å². The van der Waals surface area contributed by atoms with Crippen molar-refractivity contribution in [2.45, 2.75) is 19.4 Å². The molecule has 1 aromatic heterocycles. The van der Waals surface area contributed by atoms with E-state index in [4.69, 9.17) is 10.5 Å². The number of anilines is 1. The van der Waals surface area contributed by atoms with Crippen LogP contribution in [-0.2, 0) is 4.74 Å². The summed E-state index contributed by atoms with van der Waals surface area (Å²) in [5, 5.41) is 11.8. The van der Waals surface area contributed by atoms with Crippen LogP contribution in [0.5, 0.6) is 0 Å². The molecule has 0 bridgehead atoms. The Balaban J connectivity index is 1.94. The molecule has 6 nitrogen and oxygen atoms in total. The van der Waals surface area contributed by atoms with Crippen molar-refractivity contribution >= 4 is 5.69 Å². The van der Waals surface area contributed by atoms with Crippen LogP contribution in [0, 0.1) is 11.7 Å². The van der Waals surface area contributed by atoms with Crippen molar-refractivity contribution in [3.8, 4) is 11.4 Å². The molecule has 2 aromatic rings. The van der Waals surface area contributed by atoms with Crippen molar-refractivity contribution < 1.29 is 9.13 Å². The molecule has 1 aromatic carbocycles. The van der Waals surface area contributed by atoms with Crippen molar-refractivity contribution in [1.82, 2.24) is 20.2 Å². The fourth-order valence-corrected chi connectivity index (χ4v) is 2.46. The fourth-order valence-electron chi connectivity index (χ4n) is 2.46. The molecule has 2 atom stereocenters. The van der Waals surface area contributed by atoms with Gasteiger partial charge < -0.3 is 10.5 Å². The molecule has 20 heavy (non-hydrogen) atoms. The zero-order valence-corrected chi connectivity index (χ0v) is 11.2. The SMILES string of the molecule is CC(C1CCOC1)n1nnnc1-c1ccc(N)c(F)c1. The van der Waals surface area contributed by atoms with Crippen LogP contribution in [-0.4, -0.2) is 33.4 Å². The van der Waals surface area contributed by atoms with E-state index in [1.807, 2.05) is 6.92 Å². The number of ether oxygens (including phenoxy) is 1. The van der Waals surface area contributed by atoms with E-state index in [0.717, 1.165) is 13.0 Å². The monoisotopic (exact) mass is 277 g/mol. The van der Waals surface area contributed by atoms with Crippen LogP contribution in [0.15, 0.2) is 18.2 Å². The summed E-state index contributed by atoms with van der Waals surface area (Å²) in [7, 11) is 0. The minimum atomic E-state index is -0.464. The van der Waals surface area contributed by atoms with Crippen LogP contribution in [0.2, 0.25) is 0 Å². The minimum absolute atomic E-state index is 0.100. The highest BCUT2D eigenvalue weighted by molar-refractivity contribution is 5.59. The molecular weight excluding hydrogens is 261 g/mol. The highest BCUT2D eigenvalue weighted by Gasteiger charge is 2.26. The predicted octanol–water partition coefficient (Wildman–Crippen LogP) is 1.66. The maximum Gasteiger partial charge on any atom is 0.182 e. The first-order valence-electron chi connectivity index (χ1n) is 6.58. The van der Waals surface area contributed by atoms with Gasteiger partial charge in [0, 0.05) is 18.1 Å². The van der Waals surface area contributed by atoms with E-state index < -0.39 is 5.82 Å². The number of benzene rings is 1. The number of rotatable bonds is 3. The summed E-state index contributed by atoms with van der Waals surface area (Å²) in [6.07, 6.45) is 0.983. The Morgan fingerprint density at radius 2 is 2.35 bits per heavy atom. The van der Waals surface area contributed by atoms with Crippen LogP contribution in [0.4, 0.5) is 10.1 Å². The summed E-state index contributed by atoms with van der Waals surface area (Å²) in [6.45, 7) is 3.52. The van der Waals surface area contributed by atoms with Gasteiger partial charge in [-0.25, -0.2) is 9.07 Å². The van der Waals surface area contributed by atoms with Gasteiger partial charge in [0.15, 0.2) is 5.82 Å². The van der Waals surface area contributed by atoms with E-state index in [9.17, 15) is 4.39 Å². The van der Waals surface area contributed by atoms with E-state index in [2.05, 4.69) is 15.5 Å². The molecule has 1 fully saturated rings. The minimum Gasteiger partial charge on any atom is -0.396 e. The van der Waals surface area contributed by atoms with Gasteiger partial charge in [0.25, 0.3) is 0 Å². The molecule has 2 N–H and O–H groups in total. The normalized spacial score (nSPS) is 20.2. The third-order valence-corrected chi connectivity index (χ3v) is 3.78. The maximum atomic E-state index is 13.6. The van der Waals surface area contributed by atoms with Crippen LogP contribution in [0.25, 0.3) is 11.4 Å². The van der Waals surface area contributed by atoms with Gasteiger partial charge in [0.1, 0.15) is 5.82 Å². The lowest BCUT2D eigenvalue weighted by atomic mass is 10.0. The smallest absolute Gasteiger partial charge is 0.182 e. The second-order valence-electron chi connectivity index (χ2n) is 5.05. The lowest BCUT2D eigenvalue weighted by Gasteiger charge is -2.18. The number of hydrogen-bond donors (Lipinski definition) is 1. The van der Waals surface area contributed by atoms with Gasteiger partial charge >= 0.3 is 0 Å². The van der Waals surface area contributed by atoms with Crippen molar-refractivity contribution in [3.05, 3.63) is 24.0 Å². The molecule has 0 amide bonds. The molecule has 3 rings (SSSR count). The number of aromatic nitrogens is 4. The largest absolute Gasteiger partial charge is 0.396 e. The van der Waals surface area contributed by atoms with E-state index in [0.29, 0.717) is 23.9 Å². The Bertz CT molecular complexity index is 609. The molecule has 7 heteroatoms. The molecule has 0 spiro atoms. The van der Waals surface area contributed by atoms with Crippen molar-refractivity contribution in [2.24, 2.45) is 5.92 Å². The lowest BCUT2D eigenvalue weighted by Crippen LogP contribution is -2.19. The number of nitrogen functional groups attached to an aromatic ring is 1. The molecule has 2 unspecified atom stereocenters. The average Bonchev–Trinajstić information content (AvgIpc) is 3.11. The number of nitrogens with two attached hydrogens (primary N) is 1. The first-order chi connectivity index (χ1) is 9.66. The third kappa shape index (κ3) is 2.24. The fraction of sp³-hybridized carbons (Fsp3) is 0.462. The van der Waals surface area contributed by atoms with E-state index in [1.165, 1.54) is 12.1 Å². The Morgan fingerprint density at radius 1 is 1.50 bits per heavy atom. The quantitative estimate of drug-likeness (QED) is 0.863. The van der Waals surface area contributed by atoms with Crippen molar-refractivity contribution in [2.75, 3.05) is 18.9 Å². The second kappa shape index (κ2) is 5.16. The van der Waals surface area contributed by atoms with Crippen LogP contribution in [0.1, 0.15) is 19.4 Å². The van der Waals surface area contributed by atoms with Crippen molar-refractivity contribution in [3.63, 3.8) is 0 Å². The predicted molar refractivity (Wildman–Crippen MR) is 71.3 cm³/mol. The molecule has 2 heterocycles. The third-order valence-electron chi connectivity index (χ3n) is 3.78. The summed E-state index contributed by atoms with van der Waals surface area (Å²) < 4.78 is 20.7. The van der Waals surface area contributed by atoms with Gasteiger partial charge in [-0.1, -0.05) is 0 Å². The Kier molecular flexibility index (Phi) is 3.35. The molecule has 0 saturated carbocycles. The zero-order chi connectivity index (χ0) is 14.1. The average molecular weight is 277 g/mol. The van der Waals surface area contributed by atoms with Crippen molar-refractivity contribution in [1.29, 1.82) is 0 Å². The first-order valence-corrected chi connectivity index (χ1v) is 6.58. The van der Waals surface area contributed by atoms with Gasteiger partial charge in [-0.15, -0.1) is 5.10 Å². The molecule has 0 radical (unpaired) electrons. The lowest BCUT2D eigenvalue weighted by molar-refractivity contribution is 0.173. The Morgan fingerprint density at radius 3 is 3.05 bits per heavy atom. The highest BCUT2D eigenvalue weighted by atomic mass is 19.1. The maximum absolute atomic E-state index is 13.6. The molecular formula is C13H16FN5O. The van der Waals surface area contributed by atoms with Crippen LogP contribution < -0.4 is 5.73 Å². The van der Waals surface area contributed by atoms with Crippen LogP contribution >= 0.6 is 0 Å². The number of hydrogen-bond acceptors (Lipinski definition) is 5.